The quantitative estimate of drug-likeness (QED) is 0.310. The first-order valence-electron chi connectivity index (χ1n) is 7.11. The first-order chi connectivity index (χ1) is 10.3. The van der Waals surface area contributed by atoms with Crippen molar-refractivity contribution in [1.82, 2.24) is 20.8 Å². The molecule has 22 heavy (non-hydrogen) atoms. The summed E-state index contributed by atoms with van der Waals surface area (Å²) in [6.45, 7) is 5.96. The summed E-state index contributed by atoms with van der Waals surface area (Å²) in [4.78, 5) is 8.62. The molecule has 8 heteroatoms. The molecule has 0 saturated heterocycles. The third kappa shape index (κ3) is 6.46. The fourth-order valence-corrected chi connectivity index (χ4v) is 1.79. The van der Waals surface area contributed by atoms with Crippen LogP contribution in [0.15, 0.2) is 32.3 Å². The molecule has 0 spiro atoms. The maximum atomic E-state index is 5.26. The SMILES string of the molecule is CCNC(=NCc1ccco1)NCCCc1nc(C)no1.I. The van der Waals surface area contributed by atoms with E-state index in [4.69, 9.17) is 8.94 Å². The Kier molecular flexibility index (Phi) is 8.56. The second-order valence-electron chi connectivity index (χ2n) is 4.54. The highest BCUT2D eigenvalue weighted by molar-refractivity contribution is 14.0. The molecule has 2 heterocycles. The van der Waals surface area contributed by atoms with Crippen molar-refractivity contribution >= 4 is 29.9 Å². The van der Waals surface area contributed by atoms with E-state index in [0.717, 1.165) is 37.7 Å². The Bertz CT molecular complexity index is 553. The Morgan fingerprint density at radius 3 is 2.86 bits per heavy atom. The van der Waals surface area contributed by atoms with Gasteiger partial charge in [-0.15, -0.1) is 24.0 Å². The standard InChI is InChI=1S/C14H21N5O2.HI/c1-3-15-14(17-10-12-6-5-9-20-12)16-8-4-7-13-18-11(2)19-21-13;/h5-6,9H,3-4,7-8,10H2,1-2H3,(H2,15,16,17);1H. The second-order valence-corrected chi connectivity index (χ2v) is 4.54. The predicted octanol–water partition coefficient (Wildman–Crippen LogP) is 2.28. The third-order valence-corrected chi connectivity index (χ3v) is 2.75. The fourth-order valence-electron chi connectivity index (χ4n) is 1.79. The van der Waals surface area contributed by atoms with E-state index < -0.39 is 0 Å². The number of nitrogens with zero attached hydrogens (tertiary/aromatic N) is 3. The number of aryl methyl sites for hydroxylation is 2. The van der Waals surface area contributed by atoms with Crippen LogP contribution in [0.25, 0.3) is 0 Å². The van der Waals surface area contributed by atoms with Gasteiger partial charge in [0.05, 0.1) is 6.26 Å². The van der Waals surface area contributed by atoms with Crippen molar-refractivity contribution in [3.05, 3.63) is 35.9 Å². The number of guanidine groups is 1. The van der Waals surface area contributed by atoms with Gasteiger partial charge in [0.2, 0.25) is 5.89 Å². The summed E-state index contributed by atoms with van der Waals surface area (Å²) in [6.07, 6.45) is 3.30. The van der Waals surface area contributed by atoms with E-state index in [9.17, 15) is 0 Å². The van der Waals surface area contributed by atoms with Crippen LogP contribution in [0, 0.1) is 6.92 Å². The molecule has 0 aliphatic heterocycles. The van der Waals surface area contributed by atoms with E-state index in [1.807, 2.05) is 26.0 Å². The molecule has 0 bridgehead atoms. The summed E-state index contributed by atoms with van der Waals surface area (Å²) in [7, 11) is 0. The normalized spacial score (nSPS) is 11.1. The number of aliphatic imine (C=N–C) groups is 1. The van der Waals surface area contributed by atoms with Crippen molar-refractivity contribution in [2.45, 2.75) is 33.2 Å². The Morgan fingerprint density at radius 2 is 2.23 bits per heavy atom. The highest BCUT2D eigenvalue weighted by atomic mass is 127. The summed E-state index contributed by atoms with van der Waals surface area (Å²) >= 11 is 0. The maximum Gasteiger partial charge on any atom is 0.226 e. The Morgan fingerprint density at radius 1 is 1.36 bits per heavy atom. The van der Waals surface area contributed by atoms with Crippen LogP contribution in [0.2, 0.25) is 0 Å². The zero-order valence-corrected chi connectivity index (χ0v) is 15.2. The van der Waals surface area contributed by atoms with Gasteiger partial charge in [0, 0.05) is 19.5 Å². The van der Waals surface area contributed by atoms with Crippen LogP contribution in [0.1, 0.15) is 30.8 Å². The fraction of sp³-hybridized carbons (Fsp3) is 0.500. The van der Waals surface area contributed by atoms with E-state index in [2.05, 4.69) is 25.8 Å². The minimum Gasteiger partial charge on any atom is -0.467 e. The van der Waals surface area contributed by atoms with E-state index in [1.165, 1.54) is 0 Å². The Balaban J connectivity index is 0.00000242. The highest BCUT2D eigenvalue weighted by Crippen LogP contribution is 2.01. The molecule has 0 aromatic carbocycles. The monoisotopic (exact) mass is 419 g/mol. The van der Waals surface area contributed by atoms with Crippen LogP contribution in [-0.2, 0) is 13.0 Å². The van der Waals surface area contributed by atoms with Gasteiger partial charge in [-0.05, 0) is 32.4 Å². The first-order valence-corrected chi connectivity index (χ1v) is 7.11. The number of aromatic nitrogens is 2. The number of nitrogens with one attached hydrogen (secondary N) is 2. The van der Waals surface area contributed by atoms with E-state index in [1.54, 1.807) is 6.26 Å². The summed E-state index contributed by atoms with van der Waals surface area (Å²) in [5.41, 5.74) is 0. The zero-order valence-electron chi connectivity index (χ0n) is 12.8. The third-order valence-electron chi connectivity index (χ3n) is 2.75. The van der Waals surface area contributed by atoms with Crippen molar-refractivity contribution in [1.29, 1.82) is 0 Å². The molecule has 2 rings (SSSR count). The molecule has 2 aromatic heterocycles. The van der Waals surface area contributed by atoms with Gasteiger partial charge in [-0.3, -0.25) is 0 Å². The highest BCUT2D eigenvalue weighted by Gasteiger charge is 2.03. The molecule has 2 N–H and O–H groups in total. The van der Waals surface area contributed by atoms with Crippen molar-refractivity contribution < 1.29 is 8.94 Å². The largest absolute Gasteiger partial charge is 0.467 e. The molecular formula is C14H22IN5O2. The molecule has 7 nitrogen and oxygen atoms in total. The molecular weight excluding hydrogens is 397 g/mol. The van der Waals surface area contributed by atoms with Crippen LogP contribution in [0.4, 0.5) is 0 Å². The number of halogens is 1. The van der Waals surface area contributed by atoms with Crippen LogP contribution in [0.3, 0.4) is 0 Å². The van der Waals surface area contributed by atoms with Gasteiger partial charge < -0.3 is 19.6 Å². The number of furan rings is 1. The van der Waals surface area contributed by atoms with Gasteiger partial charge in [-0.2, -0.15) is 4.98 Å². The summed E-state index contributed by atoms with van der Waals surface area (Å²) in [6, 6.07) is 3.77. The molecule has 2 aromatic rings. The maximum absolute atomic E-state index is 5.26. The summed E-state index contributed by atoms with van der Waals surface area (Å²) in [5.74, 6) is 2.96. The minimum atomic E-state index is 0. The molecule has 122 valence electrons. The lowest BCUT2D eigenvalue weighted by Crippen LogP contribution is -2.37. The lowest BCUT2D eigenvalue weighted by atomic mass is 10.3. The average molecular weight is 419 g/mol. The van der Waals surface area contributed by atoms with Gasteiger partial charge in [0.25, 0.3) is 0 Å². The van der Waals surface area contributed by atoms with E-state index in [-0.39, 0.29) is 24.0 Å². The minimum absolute atomic E-state index is 0. The molecule has 0 fully saturated rings. The van der Waals surface area contributed by atoms with E-state index in [0.29, 0.717) is 18.3 Å². The Hall–Kier alpha value is -1.58. The number of hydrogen-bond acceptors (Lipinski definition) is 5. The predicted molar refractivity (Wildman–Crippen MR) is 94.3 cm³/mol. The summed E-state index contributed by atoms with van der Waals surface area (Å²) < 4.78 is 10.3. The topological polar surface area (TPSA) is 88.5 Å². The average Bonchev–Trinajstić information content (AvgIpc) is 3.12. The second kappa shape index (κ2) is 10.2. The molecule has 0 aliphatic rings. The van der Waals surface area contributed by atoms with Gasteiger partial charge in [0.15, 0.2) is 11.8 Å². The Labute approximate surface area is 147 Å². The van der Waals surface area contributed by atoms with Gasteiger partial charge in [0.1, 0.15) is 12.3 Å². The zero-order chi connectivity index (χ0) is 14.9. The van der Waals surface area contributed by atoms with E-state index >= 15 is 0 Å². The van der Waals surface area contributed by atoms with Gasteiger partial charge >= 0.3 is 0 Å². The molecule has 0 atom stereocenters. The van der Waals surface area contributed by atoms with Crippen LogP contribution < -0.4 is 10.6 Å². The number of rotatable bonds is 7. The lowest BCUT2D eigenvalue weighted by Gasteiger charge is -2.10. The van der Waals surface area contributed by atoms with Crippen molar-refractivity contribution in [2.75, 3.05) is 13.1 Å². The van der Waals surface area contributed by atoms with Crippen molar-refractivity contribution in [3.8, 4) is 0 Å². The lowest BCUT2D eigenvalue weighted by molar-refractivity contribution is 0.372. The molecule has 0 saturated carbocycles. The summed E-state index contributed by atoms with van der Waals surface area (Å²) in [5, 5.41) is 10.2. The molecule has 0 aliphatic carbocycles. The van der Waals surface area contributed by atoms with Crippen LogP contribution >= 0.6 is 24.0 Å². The molecule has 0 unspecified atom stereocenters. The van der Waals surface area contributed by atoms with Crippen molar-refractivity contribution in [2.24, 2.45) is 4.99 Å². The smallest absolute Gasteiger partial charge is 0.226 e. The van der Waals surface area contributed by atoms with Gasteiger partial charge in [-0.25, -0.2) is 4.99 Å². The van der Waals surface area contributed by atoms with Crippen LogP contribution in [0.5, 0.6) is 0 Å². The van der Waals surface area contributed by atoms with Crippen LogP contribution in [-0.4, -0.2) is 29.2 Å². The van der Waals surface area contributed by atoms with Gasteiger partial charge in [-0.1, -0.05) is 5.16 Å². The van der Waals surface area contributed by atoms with Crippen molar-refractivity contribution in [3.63, 3.8) is 0 Å². The molecule has 0 radical (unpaired) electrons. The first kappa shape index (κ1) is 18.5. The molecule has 0 amide bonds. The number of hydrogen-bond donors (Lipinski definition) is 2.